The maximum Gasteiger partial charge on any atom is 0.183 e. The second kappa shape index (κ2) is 9.70. The van der Waals surface area contributed by atoms with Crippen LogP contribution in [0, 0.1) is 17.8 Å². The van der Waals surface area contributed by atoms with E-state index in [1.165, 1.54) is 29.6 Å². The van der Waals surface area contributed by atoms with E-state index in [2.05, 4.69) is 45.9 Å². The fourth-order valence-electron chi connectivity index (χ4n) is 4.23. The van der Waals surface area contributed by atoms with Gasteiger partial charge in [0.25, 0.3) is 0 Å². The Kier molecular flexibility index (Phi) is 7.92. The highest BCUT2D eigenvalue weighted by molar-refractivity contribution is 5.20. The smallest absolute Gasteiger partial charge is 0.183 e. The Hall–Kier alpha value is -0.900. The molecule has 5 unspecified atom stereocenters. The Balaban J connectivity index is 2.26. The van der Waals surface area contributed by atoms with Crippen LogP contribution in [0.1, 0.15) is 59.8 Å². The van der Waals surface area contributed by atoms with Gasteiger partial charge in [0, 0.05) is 20.1 Å². The van der Waals surface area contributed by atoms with Gasteiger partial charge >= 0.3 is 0 Å². The minimum Gasteiger partial charge on any atom is -0.355 e. The highest BCUT2D eigenvalue weighted by Crippen LogP contribution is 2.45. The number of fused-ring (bicyclic) bond motifs is 1. The largest absolute Gasteiger partial charge is 0.355 e. The van der Waals surface area contributed by atoms with Gasteiger partial charge in [-0.15, -0.1) is 0 Å². The monoisotopic (exact) mass is 348 g/mol. The molecule has 25 heavy (non-hydrogen) atoms. The van der Waals surface area contributed by atoms with Crippen molar-refractivity contribution in [2.45, 2.75) is 72.4 Å². The van der Waals surface area contributed by atoms with Crippen molar-refractivity contribution in [3.8, 4) is 0 Å². The van der Waals surface area contributed by atoms with E-state index < -0.39 is 0 Å². The first-order valence-corrected chi connectivity index (χ1v) is 9.67. The third-order valence-electron chi connectivity index (χ3n) is 5.71. The van der Waals surface area contributed by atoms with Gasteiger partial charge in [-0.1, -0.05) is 36.3 Å². The zero-order chi connectivity index (χ0) is 18.4. The molecule has 0 N–H and O–H groups in total. The van der Waals surface area contributed by atoms with Crippen molar-refractivity contribution in [3.05, 3.63) is 34.9 Å². The lowest BCUT2D eigenvalue weighted by molar-refractivity contribution is -0.194. The zero-order valence-electron chi connectivity index (χ0n) is 16.9. The van der Waals surface area contributed by atoms with Gasteiger partial charge in [0.2, 0.25) is 0 Å². The molecule has 3 nitrogen and oxygen atoms in total. The van der Waals surface area contributed by atoms with Crippen LogP contribution in [0.25, 0.3) is 0 Å². The Bertz CT molecular complexity index is 513. The maximum atomic E-state index is 6.06. The molecule has 0 aromatic heterocycles. The van der Waals surface area contributed by atoms with E-state index in [1.807, 2.05) is 0 Å². The van der Waals surface area contributed by atoms with Crippen LogP contribution >= 0.6 is 0 Å². The summed E-state index contributed by atoms with van der Waals surface area (Å²) < 4.78 is 17.4. The van der Waals surface area contributed by atoms with Crippen molar-refractivity contribution in [3.63, 3.8) is 0 Å². The Morgan fingerprint density at radius 1 is 1.28 bits per heavy atom. The maximum absolute atomic E-state index is 6.06. The number of rotatable bonds is 6. The third-order valence-corrected chi connectivity index (χ3v) is 5.71. The summed E-state index contributed by atoms with van der Waals surface area (Å²) in [4.78, 5) is 0. The fourth-order valence-corrected chi connectivity index (χ4v) is 4.23. The summed E-state index contributed by atoms with van der Waals surface area (Å²) in [6.07, 6.45) is 12.2. The first kappa shape index (κ1) is 20.4. The molecular formula is C22H36O3. The van der Waals surface area contributed by atoms with Gasteiger partial charge in [0.05, 0.1) is 0 Å². The van der Waals surface area contributed by atoms with E-state index in [1.54, 1.807) is 14.2 Å². The van der Waals surface area contributed by atoms with Crippen LogP contribution in [-0.4, -0.2) is 26.8 Å². The Morgan fingerprint density at radius 2 is 2.04 bits per heavy atom. The molecule has 3 heteroatoms. The van der Waals surface area contributed by atoms with Crippen LogP contribution in [0.4, 0.5) is 0 Å². The van der Waals surface area contributed by atoms with Gasteiger partial charge in [-0.3, -0.25) is 0 Å². The summed E-state index contributed by atoms with van der Waals surface area (Å²) in [5.74, 6) is 1.45. The second-order valence-electron chi connectivity index (χ2n) is 7.86. The topological polar surface area (TPSA) is 27.7 Å². The molecule has 0 aromatic carbocycles. The standard InChI is InChI=1S/C22H36O3/c1-15(2)9-7-11-17(4)18-14-13-16(3)10-8-12-19-20(18)22(24-6)25-21(19)23-5/h9-10,12,17-18,20-22H,7-8,11,13-14H2,1-6H3. The van der Waals surface area contributed by atoms with Gasteiger partial charge in [0.15, 0.2) is 12.6 Å². The number of ether oxygens (including phenoxy) is 3. The Labute approximate surface area is 154 Å². The highest BCUT2D eigenvalue weighted by Gasteiger charge is 2.45. The molecule has 0 aromatic rings. The first-order valence-electron chi connectivity index (χ1n) is 9.67. The molecule has 2 rings (SSSR count). The molecule has 0 radical (unpaired) electrons. The molecular weight excluding hydrogens is 312 g/mol. The van der Waals surface area contributed by atoms with Crippen molar-refractivity contribution in [2.24, 2.45) is 17.8 Å². The van der Waals surface area contributed by atoms with Gasteiger partial charge in [-0.2, -0.15) is 0 Å². The molecule has 1 saturated heterocycles. The molecule has 1 fully saturated rings. The SMILES string of the molecule is COC1OC(OC)C2C1=CCC=C(C)CCC2C(C)CCC=C(C)C. The minimum atomic E-state index is -0.269. The molecule has 1 heterocycles. The molecule has 142 valence electrons. The van der Waals surface area contributed by atoms with Crippen molar-refractivity contribution < 1.29 is 14.2 Å². The Morgan fingerprint density at radius 3 is 2.68 bits per heavy atom. The quantitative estimate of drug-likeness (QED) is 0.582. The van der Waals surface area contributed by atoms with Crippen LogP contribution in [0.3, 0.4) is 0 Å². The van der Waals surface area contributed by atoms with Crippen LogP contribution in [0.2, 0.25) is 0 Å². The normalized spacial score (nSPS) is 31.1. The molecule has 0 saturated carbocycles. The van der Waals surface area contributed by atoms with E-state index in [9.17, 15) is 0 Å². The molecule has 1 aliphatic carbocycles. The fraction of sp³-hybridized carbons (Fsp3) is 0.727. The average molecular weight is 349 g/mol. The van der Waals surface area contributed by atoms with Gasteiger partial charge < -0.3 is 14.2 Å². The number of allylic oxidation sites excluding steroid dienone is 5. The van der Waals surface area contributed by atoms with Crippen molar-refractivity contribution in [1.29, 1.82) is 0 Å². The lowest BCUT2D eigenvalue weighted by atomic mass is 9.74. The zero-order valence-corrected chi connectivity index (χ0v) is 16.9. The number of hydrogen-bond donors (Lipinski definition) is 0. The molecule has 1 aliphatic heterocycles. The summed E-state index contributed by atoms with van der Waals surface area (Å²) in [6, 6.07) is 0. The van der Waals surface area contributed by atoms with Crippen LogP contribution in [-0.2, 0) is 14.2 Å². The molecule has 0 bridgehead atoms. The average Bonchev–Trinajstić information content (AvgIpc) is 2.94. The molecule has 5 atom stereocenters. The molecule has 0 amide bonds. The van der Waals surface area contributed by atoms with Crippen LogP contribution < -0.4 is 0 Å². The number of methoxy groups -OCH3 is 2. The van der Waals surface area contributed by atoms with E-state index in [-0.39, 0.29) is 18.5 Å². The van der Waals surface area contributed by atoms with E-state index in [0.717, 1.165) is 19.3 Å². The van der Waals surface area contributed by atoms with Gasteiger partial charge in [-0.05, 0) is 70.3 Å². The van der Waals surface area contributed by atoms with Crippen molar-refractivity contribution >= 4 is 0 Å². The molecule has 2 aliphatic rings. The number of hydrogen-bond acceptors (Lipinski definition) is 3. The van der Waals surface area contributed by atoms with Gasteiger partial charge in [-0.25, -0.2) is 0 Å². The summed E-state index contributed by atoms with van der Waals surface area (Å²) in [6.45, 7) is 9.00. The first-order chi connectivity index (χ1) is 12.0. The molecule has 0 spiro atoms. The minimum absolute atomic E-state index is 0.203. The summed E-state index contributed by atoms with van der Waals surface area (Å²) in [5.41, 5.74) is 4.17. The van der Waals surface area contributed by atoms with Crippen LogP contribution in [0.5, 0.6) is 0 Å². The lowest BCUT2D eigenvalue weighted by Crippen LogP contribution is -2.31. The summed E-state index contributed by atoms with van der Waals surface area (Å²) in [7, 11) is 3.48. The van der Waals surface area contributed by atoms with E-state index in [4.69, 9.17) is 14.2 Å². The predicted octanol–water partition coefficient (Wildman–Crippen LogP) is 5.63. The highest BCUT2D eigenvalue weighted by atomic mass is 16.8. The predicted molar refractivity (Wildman–Crippen MR) is 103 cm³/mol. The lowest BCUT2D eigenvalue weighted by Gasteiger charge is -2.32. The second-order valence-corrected chi connectivity index (χ2v) is 7.86. The van der Waals surface area contributed by atoms with Crippen molar-refractivity contribution in [1.82, 2.24) is 0 Å². The summed E-state index contributed by atoms with van der Waals surface area (Å²) >= 11 is 0. The van der Waals surface area contributed by atoms with Gasteiger partial charge in [0.1, 0.15) is 0 Å². The summed E-state index contributed by atoms with van der Waals surface area (Å²) in [5, 5.41) is 0. The van der Waals surface area contributed by atoms with E-state index >= 15 is 0 Å². The third kappa shape index (κ3) is 5.29. The van der Waals surface area contributed by atoms with Crippen molar-refractivity contribution in [2.75, 3.05) is 14.2 Å². The van der Waals surface area contributed by atoms with E-state index in [0.29, 0.717) is 11.8 Å². The van der Waals surface area contributed by atoms with Crippen LogP contribution in [0.15, 0.2) is 34.9 Å².